The number of carbonyl (C=O) groups excluding carboxylic acids is 2. The number of aryl methyl sites for hydroxylation is 1. The molecule has 2 N–H and O–H groups in total. The van der Waals surface area contributed by atoms with Gasteiger partial charge in [-0.1, -0.05) is 76.2 Å². The molecule has 0 unspecified atom stereocenters. The summed E-state index contributed by atoms with van der Waals surface area (Å²) in [6, 6.07) is 28.8. The van der Waals surface area contributed by atoms with Gasteiger partial charge in [-0.15, -0.1) is 10.2 Å². The number of nitrogens with zero attached hydrogens (tertiary/aromatic N) is 3. The van der Waals surface area contributed by atoms with Crippen LogP contribution in [0.4, 0.5) is 5.69 Å². The van der Waals surface area contributed by atoms with Gasteiger partial charge in [0.05, 0.1) is 12.3 Å². The predicted molar refractivity (Wildman–Crippen MR) is 155 cm³/mol. The van der Waals surface area contributed by atoms with Gasteiger partial charge < -0.3 is 10.6 Å². The van der Waals surface area contributed by atoms with Crippen LogP contribution in [0.25, 0.3) is 16.5 Å². The Hall–Kier alpha value is -3.95. The highest BCUT2D eigenvalue weighted by molar-refractivity contribution is 9.10. The number of nitrogens with one attached hydrogen (secondary N) is 2. The lowest BCUT2D eigenvalue weighted by Gasteiger charge is -2.12. The molecule has 9 heteroatoms. The van der Waals surface area contributed by atoms with E-state index in [2.05, 4.69) is 36.8 Å². The molecule has 7 nitrogen and oxygen atoms in total. The van der Waals surface area contributed by atoms with Crippen LogP contribution in [0.3, 0.4) is 0 Å². The molecule has 38 heavy (non-hydrogen) atoms. The minimum absolute atomic E-state index is 0.142. The molecule has 190 valence electrons. The summed E-state index contributed by atoms with van der Waals surface area (Å²) in [5.41, 5.74) is 3.25. The van der Waals surface area contributed by atoms with Crippen LogP contribution in [-0.4, -0.2) is 32.3 Å². The lowest BCUT2D eigenvalue weighted by atomic mass is 10.0. The first-order valence-electron chi connectivity index (χ1n) is 11.9. The summed E-state index contributed by atoms with van der Waals surface area (Å²) in [5.74, 6) is 0.378. The van der Waals surface area contributed by atoms with Gasteiger partial charge in [-0.2, -0.15) is 0 Å². The number of thioether (sulfide) groups is 1. The Morgan fingerprint density at radius 2 is 1.68 bits per heavy atom. The zero-order valence-corrected chi connectivity index (χ0v) is 22.9. The van der Waals surface area contributed by atoms with Crippen molar-refractivity contribution in [3.8, 4) is 5.69 Å². The van der Waals surface area contributed by atoms with Crippen LogP contribution in [0.2, 0.25) is 0 Å². The standard InChI is InChI=1S/C29H24BrN5O2S/c1-19-6-4-9-22(16-19)32-27(36)18-38-29-34-33-26(35(29)23-14-12-21(30)13-15-23)17-31-28(37)25-11-5-8-20-7-2-3-10-24(20)25/h2-16H,17-18H2,1H3,(H,31,37)(H,32,36). The topological polar surface area (TPSA) is 88.9 Å². The maximum Gasteiger partial charge on any atom is 0.252 e. The van der Waals surface area contributed by atoms with Gasteiger partial charge in [-0.25, -0.2) is 0 Å². The molecule has 5 rings (SSSR count). The average Bonchev–Trinajstić information content (AvgIpc) is 3.33. The number of fused-ring (bicyclic) bond motifs is 1. The predicted octanol–water partition coefficient (Wildman–Crippen LogP) is 6.15. The molecule has 1 heterocycles. The van der Waals surface area contributed by atoms with Crippen LogP contribution in [0.15, 0.2) is 101 Å². The van der Waals surface area contributed by atoms with E-state index in [-0.39, 0.29) is 24.1 Å². The van der Waals surface area contributed by atoms with E-state index in [9.17, 15) is 9.59 Å². The Morgan fingerprint density at radius 3 is 2.50 bits per heavy atom. The molecular formula is C29H24BrN5O2S. The number of amides is 2. The summed E-state index contributed by atoms with van der Waals surface area (Å²) in [7, 11) is 0. The number of halogens is 1. The van der Waals surface area contributed by atoms with Gasteiger partial charge in [0.1, 0.15) is 0 Å². The first-order valence-corrected chi connectivity index (χ1v) is 13.7. The van der Waals surface area contributed by atoms with Crippen LogP contribution in [0.1, 0.15) is 21.7 Å². The quantitative estimate of drug-likeness (QED) is 0.213. The van der Waals surface area contributed by atoms with E-state index >= 15 is 0 Å². The first kappa shape index (κ1) is 25.7. The van der Waals surface area contributed by atoms with Gasteiger partial charge in [-0.05, 0) is 65.7 Å². The number of anilines is 1. The summed E-state index contributed by atoms with van der Waals surface area (Å²) in [4.78, 5) is 25.7. The lowest BCUT2D eigenvalue weighted by Crippen LogP contribution is -2.25. The molecule has 0 aliphatic carbocycles. The fraction of sp³-hybridized carbons (Fsp3) is 0.103. The van der Waals surface area contributed by atoms with Gasteiger partial charge in [0.25, 0.3) is 5.91 Å². The zero-order chi connectivity index (χ0) is 26.5. The number of rotatable bonds is 8. The maximum atomic E-state index is 13.1. The lowest BCUT2D eigenvalue weighted by molar-refractivity contribution is -0.113. The van der Waals surface area contributed by atoms with Crippen LogP contribution < -0.4 is 10.6 Å². The summed E-state index contributed by atoms with van der Waals surface area (Å²) in [6.07, 6.45) is 0. The molecule has 5 aromatic rings. The van der Waals surface area contributed by atoms with E-state index < -0.39 is 0 Å². The average molecular weight is 587 g/mol. The molecule has 0 bridgehead atoms. The molecular weight excluding hydrogens is 562 g/mol. The maximum absolute atomic E-state index is 13.1. The van der Waals surface area contributed by atoms with Crippen LogP contribution in [-0.2, 0) is 11.3 Å². The Morgan fingerprint density at radius 1 is 0.921 bits per heavy atom. The summed E-state index contributed by atoms with van der Waals surface area (Å²) < 4.78 is 2.80. The molecule has 1 aromatic heterocycles. The first-order chi connectivity index (χ1) is 18.5. The minimum atomic E-state index is -0.195. The van der Waals surface area contributed by atoms with Gasteiger partial charge >= 0.3 is 0 Å². The highest BCUT2D eigenvalue weighted by atomic mass is 79.9. The summed E-state index contributed by atoms with van der Waals surface area (Å²) >= 11 is 4.76. The van der Waals surface area contributed by atoms with Gasteiger partial charge in [0.15, 0.2) is 11.0 Å². The Kier molecular flexibility index (Phi) is 7.86. The van der Waals surface area contributed by atoms with E-state index in [4.69, 9.17) is 0 Å². The second-order valence-electron chi connectivity index (χ2n) is 8.63. The molecule has 2 amide bonds. The molecule has 0 saturated heterocycles. The van der Waals surface area contributed by atoms with Gasteiger partial charge in [0, 0.05) is 21.4 Å². The Bertz CT molecular complexity index is 1610. The van der Waals surface area contributed by atoms with E-state index in [0.29, 0.717) is 16.5 Å². The monoisotopic (exact) mass is 585 g/mol. The van der Waals surface area contributed by atoms with E-state index in [1.807, 2.05) is 102 Å². The van der Waals surface area contributed by atoms with Gasteiger partial charge in [0.2, 0.25) is 5.91 Å². The van der Waals surface area contributed by atoms with E-state index in [1.165, 1.54) is 11.8 Å². The Balaban J connectivity index is 1.34. The van der Waals surface area contributed by atoms with E-state index in [0.717, 1.165) is 32.2 Å². The van der Waals surface area contributed by atoms with Crippen molar-refractivity contribution >= 4 is 56.0 Å². The Labute approximate surface area is 232 Å². The molecule has 0 fully saturated rings. The van der Waals surface area contributed by atoms with E-state index in [1.54, 1.807) is 0 Å². The second kappa shape index (κ2) is 11.6. The largest absolute Gasteiger partial charge is 0.345 e. The second-order valence-corrected chi connectivity index (χ2v) is 10.5. The van der Waals surface area contributed by atoms with Crippen LogP contribution in [0.5, 0.6) is 0 Å². The fourth-order valence-corrected chi connectivity index (χ4v) is 5.12. The van der Waals surface area contributed by atoms with Crippen molar-refractivity contribution in [1.82, 2.24) is 20.1 Å². The number of aromatic nitrogens is 3. The number of hydrogen-bond acceptors (Lipinski definition) is 5. The minimum Gasteiger partial charge on any atom is -0.345 e. The molecule has 0 atom stereocenters. The number of benzene rings is 4. The van der Waals surface area contributed by atoms with Crippen LogP contribution in [0, 0.1) is 6.92 Å². The highest BCUT2D eigenvalue weighted by Crippen LogP contribution is 2.24. The SMILES string of the molecule is Cc1cccc(NC(=O)CSc2nnc(CNC(=O)c3cccc4ccccc34)n2-c2ccc(Br)cc2)c1. The molecule has 0 aliphatic rings. The molecule has 4 aromatic carbocycles. The molecule has 0 spiro atoms. The van der Waals surface area contributed by atoms with Crippen molar-refractivity contribution in [1.29, 1.82) is 0 Å². The highest BCUT2D eigenvalue weighted by Gasteiger charge is 2.18. The fourth-order valence-electron chi connectivity index (χ4n) is 4.09. The van der Waals surface area contributed by atoms with Crippen LogP contribution >= 0.6 is 27.7 Å². The normalized spacial score (nSPS) is 10.9. The van der Waals surface area contributed by atoms with Crippen molar-refractivity contribution in [2.75, 3.05) is 11.1 Å². The third-order valence-electron chi connectivity index (χ3n) is 5.86. The summed E-state index contributed by atoms with van der Waals surface area (Å²) in [6.45, 7) is 2.15. The van der Waals surface area contributed by atoms with Crippen molar-refractivity contribution in [3.05, 3.63) is 112 Å². The molecule has 0 aliphatic heterocycles. The third-order valence-corrected chi connectivity index (χ3v) is 7.32. The van der Waals surface area contributed by atoms with Crippen molar-refractivity contribution in [2.24, 2.45) is 0 Å². The van der Waals surface area contributed by atoms with Crippen molar-refractivity contribution < 1.29 is 9.59 Å². The smallest absolute Gasteiger partial charge is 0.252 e. The van der Waals surface area contributed by atoms with Crippen molar-refractivity contribution in [2.45, 2.75) is 18.6 Å². The molecule has 0 saturated carbocycles. The van der Waals surface area contributed by atoms with Crippen molar-refractivity contribution in [3.63, 3.8) is 0 Å². The molecule has 0 radical (unpaired) electrons. The third kappa shape index (κ3) is 5.95. The number of hydrogen-bond donors (Lipinski definition) is 2. The summed E-state index contributed by atoms with van der Waals surface area (Å²) in [5, 5.41) is 17.0. The number of carbonyl (C=O) groups is 2. The van der Waals surface area contributed by atoms with Gasteiger partial charge in [-0.3, -0.25) is 14.2 Å². The zero-order valence-electron chi connectivity index (χ0n) is 20.5.